The van der Waals surface area contributed by atoms with Gasteiger partial charge in [-0.05, 0) is 29.9 Å². The summed E-state index contributed by atoms with van der Waals surface area (Å²) in [5.74, 6) is 0.776. The summed E-state index contributed by atoms with van der Waals surface area (Å²) in [4.78, 5) is 9.46. The van der Waals surface area contributed by atoms with E-state index in [2.05, 4.69) is 28.3 Å². The number of nitrogen functional groups attached to an aromatic ring is 2. The number of hydrogen-bond acceptors (Lipinski definition) is 6. The SMILES string of the molecule is CCNCc1ccccc1Sc1nc(N)cc(N)n1. The molecule has 0 aliphatic heterocycles. The van der Waals surface area contributed by atoms with Crippen molar-refractivity contribution < 1.29 is 0 Å². The zero-order valence-corrected chi connectivity index (χ0v) is 11.6. The summed E-state index contributed by atoms with van der Waals surface area (Å²) in [6, 6.07) is 9.69. The monoisotopic (exact) mass is 275 g/mol. The number of rotatable bonds is 5. The molecule has 0 saturated carbocycles. The standard InChI is InChI=1S/C13H17N5S/c1-2-16-8-9-5-3-4-6-10(9)19-13-17-11(14)7-12(15)18-13/h3-7,16H,2,8H2,1H3,(H4,14,15,17,18). The van der Waals surface area contributed by atoms with Gasteiger partial charge in [0.15, 0.2) is 5.16 Å². The molecule has 1 aromatic carbocycles. The Balaban J connectivity index is 2.22. The molecule has 0 aliphatic rings. The Morgan fingerprint density at radius 1 is 1.16 bits per heavy atom. The molecule has 0 unspecified atom stereocenters. The Kier molecular flexibility index (Phi) is 4.59. The van der Waals surface area contributed by atoms with E-state index < -0.39 is 0 Å². The molecule has 5 nitrogen and oxygen atoms in total. The van der Waals surface area contributed by atoms with Crippen LogP contribution in [0.5, 0.6) is 0 Å². The van der Waals surface area contributed by atoms with Crippen LogP contribution in [-0.2, 0) is 6.54 Å². The Morgan fingerprint density at radius 3 is 2.53 bits per heavy atom. The molecule has 1 aromatic heterocycles. The molecule has 0 amide bonds. The normalized spacial score (nSPS) is 10.6. The van der Waals surface area contributed by atoms with Gasteiger partial charge >= 0.3 is 0 Å². The number of hydrogen-bond donors (Lipinski definition) is 3. The third kappa shape index (κ3) is 3.84. The second kappa shape index (κ2) is 6.40. The van der Waals surface area contributed by atoms with E-state index in [9.17, 15) is 0 Å². The number of nitrogens with two attached hydrogens (primary N) is 2. The lowest BCUT2D eigenvalue weighted by atomic mass is 10.2. The highest BCUT2D eigenvalue weighted by molar-refractivity contribution is 7.99. The number of anilines is 2. The van der Waals surface area contributed by atoms with Gasteiger partial charge in [0.1, 0.15) is 11.6 Å². The minimum atomic E-state index is 0.388. The van der Waals surface area contributed by atoms with Crippen LogP contribution in [0, 0.1) is 0 Å². The summed E-state index contributed by atoms with van der Waals surface area (Å²) in [6.07, 6.45) is 0. The van der Waals surface area contributed by atoms with Crippen LogP contribution in [0.2, 0.25) is 0 Å². The maximum Gasteiger partial charge on any atom is 0.196 e. The van der Waals surface area contributed by atoms with E-state index in [-0.39, 0.29) is 0 Å². The van der Waals surface area contributed by atoms with E-state index in [1.807, 2.05) is 18.2 Å². The molecule has 6 heteroatoms. The van der Waals surface area contributed by atoms with Gasteiger partial charge in [0.25, 0.3) is 0 Å². The predicted octanol–water partition coefficient (Wildman–Crippen LogP) is 1.90. The first-order valence-electron chi connectivity index (χ1n) is 6.05. The molecule has 0 fully saturated rings. The lowest BCUT2D eigenvalue weighted by Crippen LogP contribution is -2.12. The van der Waals surface area contributed by atoms with Gasteiger partial charge in [-0.3, -0.25) is 0 Å². The molecule has 0 spiro atoms. The second-order valence-corrected chi connectivity index (χ2v) is 5.00. The average Bonchev–Trinajstić information content (AvgIpc) is 2.36. The van der Waals surface area contributed by atoms with Crippen LogP contribution < -0.4 is 16.8 Å². The summed E-state index contributed by atoms with van der Waals surface area (Å²) < 4.78 is 0. The summed E-state index contributed by atoms with van der Waals surface area (Å²) in [6.45, 7) is 3.83. The third-order valence-electron chi connectivity index (χ3n) is 2.48. The Bertz CT molecular complexity index is 538. The van der Waals surface area contributed by atoms with Crippen molar-refractivity contribution in [3.63, 3.8) is 0 Å². The fourth-order valence-electron chi connectivity index (χ4n) is 1.62. The molecule has 0 atom stereocenters. The van der Waals surface area contributed by atoms with Gasteiger partial charge in [0.2, 0.25) is 0 Å². The summed E-state index contributed by atoms with van der Waals surface area (Å²) in [5, 5.41) is 3.88. The lowest BCUT2D eigenvalue weighted by molar-refractivity contribution is 0.718. The van der Waals surface area contributed by atoms with Gasteiger partial charge in [-0.1, -0.05) is 25.1 Å². The Morgan fingerprint density at radius 2 is 1.84 bits per heavy atom. The van der Waals surface area contributed by atoms with E-state index in [1.165, 1.54) is 17.3 Å². The van der Waals surface area contributed by atoms with Crippen molar-refractivity contribution in [2.75, 3.05) is 18.0 Å². The molecule has 1 heterocycles. The van der Waals surface area contributed by atoms with Gasteiger partial charge in [-0.2, -0.15) is 0 Å². The van der Waals surface area contributed by atoms with Crippen molar-refractivity contribution >= 4 is 23.4 Å². The van der Waals surface area contributed by atoms with Crippen molar-refractivity contribution in [3.05, 3.63) is 35.9 Å². The molecule has 2 rings (SSSR count). The molecule has 100 valence electrons. The van der Waals surface area contributed by atoms with Crippen molar-refractivity contribution in [1.82, 2.24) is 15.3 Å². The van der Waals surface area contributed by atoms with E-state index in [4.69, 9.17) is 11.5 Å². The summed E-state index contributed by atoms with van der Waals surface area (Å²) in [7, 11) is 0. The highest BCUT2D eigenvalue weighted by Gasteiger charge is 2.07. The van der Waals surface area contributed by atoms with Gasteiger partial charge in [-0.15, -0.1) is 0 Å². The van der Waals surface area contributed by atoms with Crippen molar-refractivity contribution in [1.29, 1.82) is 0 Å². The molecular weight excluding hydrogens is 258 g/mol. The lowest BCUT2D eigenvalue weighted by Gasteiger charge is -2.09. The first kappa shape index (κ1) is 13.6. The molecule has 0 saturated heterocycles. The van der Waals surface area contributed by atoms with Crippen LogP contribution in [0.4, 0.5) is 11.6 Å². The van der Waals surface area contributed by atoms with Crippen molar-refractivity contribution in [2.24, 2.45) is 0 Å². The number of benzene rings is 1. The molecule has 5 N–H and O–H groups in total. The zero-order valence-electron chi connectivity index (χ0n) is 10.8. The van der Waals surface area contributed by atoms with Gasteiger partial charge in [0.05, 0.1) is 0 Å². The van der Waals surface area contributed by atoms with E-state index >= 15 is 0 Å². The van der Waals surface area contributed by atoms with Crippen LogP contribution >= 0.6 is 11.8 Å². The minimum Gasteiger partial charge on any atom is -0.383 e. The minimum absolute atomic E-state index is 0.388. The van der Waals surface area contributed by atoms with Gasteiger partial charge in [0, 0.05) is 17.5 Å². The Hall–Kier alpha value is -1.79. The first-order chi connectivity index (χ1) is 9.19. The maximum atomic E-state index is 5.67. The highest BCUT2D eigenvalue weighted by atomic mass is 32.2. The number of nitrogens with one attached hydrogen (secondary N) is 1. The van der Waals surface area contributed by atoms with E-state index in [0.717, 1.165) is 18.0 Å². The van der Waals surface area contributed by atoms with Crippen LogP contribution in [0.25, 0.3) is 0 Å². The van der Waals surface area contributed by atoms with Gasteiger partial charge < -0.3 is 16.8 Å². The predicted molar refractivity (Wildman–Crippen MR) is 78.8 cm³/mol. The first-order valence-corrected chi connectivity index (χ1v) is 6.87. The largest absolute Gasteiger partial charge is 0.383 e. The average molecular weight is 275 g/mol. The molecule has 0 radical (unpaired) electrons. The fourth-order valence-corrected chi connectivity index (χ4v) is 2.53. The molecule has 0 aliphatic carbocycles. The fraction of sp³-hybridized carbons (Fsp3) is 0.231. The summed E-state index contributed by atoms with van der Waals surface area (Å²) in [5.41, 5.74) is 12.6. The van der Waals surface area contributed by atoms with Crippen molar-refractivity contribution in [2.45, 2.75) is 23.5 Å². The molecule has 2 aromatic rings. The van der Waals surface area contributed by atoms with E-state index in [0.29, 0.717) is 16.8 Å². The molecular formula is C13H17N5S. The highest BCUT2D eigenvalue weighted by Crippen LogP contribution is 2.28. The van der Waals surface area contributed by atoms with Crippen LogP contribution in [0.15, 0.2) is 40.4 Å². The van der Waals surface area contributed by atoms with Crippen molar-refractivity contribution in [3.8, 4) is 0 Å². The van der Waals surface area contributed by atoms with Crippen LogP contribution in [0.3, 0.4) is 0 Å². The smallest absolute Gasteiger partial charge is 0.196 e. The van der Waals surface area contributed by atoms with Gasteiger partial charge in [-0.25, -0.2) is 9.97 Å². The Labute approximate surface area is 116 Å². The zero-order chi connectivity index (χ0) is 13.7. The quantitative estimate of drug-likeness (QED) is 0.722. The number of nitrogens with zero attached hydrogens (tertiary/aromatic N) is 2. The topological polar surface area (TPSA) is 89.8 Å². The number of aromatic nitrogens is 2. The van der Waals surface area contributed by atoms with E-state index in [1.54, 1.807) is 6.07 Å². The maximum absolute atomic E-state index is 5.67. The molecule has 0 bridgehead atoms. The third-order valence-corrected chi connectivity index (χ3v) is 3.47. The molecule has 19 heavy (non-hydrogen) atoms. The van der Waals surface area contributed by atoms with Crippen LogP contribution in [-0.4, -0.2) is 16.5 Å². The second-order valence-electron chi connectivity index (χ2n) is 3.99. The van der Waals surface area contributed by atoms with Crippen LogP contribution in [0.1, 0.15) is 12.5 Å². The summed E-state index contributed by atoms with van der Waals surface area (Å²) >= 11 is 1.47.